The van der Waals surface area contributed by atoms with Crippen molar-refractivity contribution in [3.8, 4) is 0 Å². The summed E-state index contributed by atoms with van der Waals surface area (Å²) in [6, 6.07) is 4.80. The summed E-state index contributed by atoms with van der Waals surface area (Å²) in [5, 5.41) is 10.4. The molecule has 0 radical (unpaired) electrons. The summed E-state index contributed by atoms with van der Waals surface area (Å²) in [7, 11) is 0. The Kier molecular flexibility index (Phi) is 5.40. The van der Waals surface area contributed by atoms with Crippen LogP contribution in [0, 0.1) is 17.7 Å². The van der Waals surface area contributed by atoms with Crippen molar-refractivity contribution in [2.75, 3.05) is 0 Å². The first-order valence-electron chi connectivity index (χ1n) is 7.24. The van der Waals surface area contributed by atoms with Crippen molar-refractivity contribution in [2.45, 2.75) is 51.6 Å². The molecule has 0 aromatic heterocycles. The van der Waals surface area contributed by atoms with Crippen molar-refractivity contribution in [2.24, 2.45) is 11.8 Å². The smallest absolute Gasteiger partial charge is 0.129 e. The molecule has 1 aliphatic rings. The number of halogens is 2. The van der Waals surface area contributed by atoms with Crippen molar-refractivity contribution in [1.82, 2.24) is 0 Å². The Balaban J connectivity index is 2.01. The molecule has 1 nitrogen and oxygen atoms in total. The van der Waals surface area contributed by atoms with Gasteiger partial charge in [-0.1, -0.05) is 48.5 Å². The van der Waals surface area contributed by atoms with Gasteiger partial charge in [-0.2, -0.15) is 0 Å². The van der Waals surface area contributed by atoms with Crippen LogP contribution >= 0.6 is 15.9 Å². The summed E-state index contributed by atoms with van der Waals surface area (Å²) in [4.78, 5) is 0. The number of hydrogen-bond donors (Lipinski definition) is 1. The molecule has 1 atom stereocenters. The predicted octanol–water partition coefficient (Wildman–Crippen LogP) is 5.23. The molecule has 1 aromatic carbocycles. The first-order chi connectivity index (χ1) is 9.11. The molecule has 1 saturated carbocycles. The second kappa shape index (κ2) is 6.85. The summed E-state index contributed by atoms with van der Waals surface area (Å²) in [5.74, 6) is 0.712. The third-order valence-electron chi connectivity index (χ3n) is 4.31. The molecule has 106 valence electrons. The Labute approximate surface area is 123 Å². The minimum absolute atomic E-state index is 0.205. The van der Waals surface area contributed by atoms with Gasteiger partial charge in [0.05, 0.1) is 6.10 Å². The Hall–Kier alpha value is -0.410. The maximum Gasteiger partial charge on any atom is 0.129 e. The van der Waals surface area contributed by atoms with E-state index in [1.807, 2.05) is 0 Å². The zero-order valence-electron chi connectivity index (χ0n) is 11.4. The maximum absolute atomic E-state index is 13.8. The van der Waals surface area contributed by atoms with Gasteiger partial charge in [-0.05, 0) is 42.9 Å². The Bertz CT molecular complexity index is 413. The summed E-state index contributed by atoms with van der Waals surface area (Å²) in [6.45, 7) is 2.22. The number of aliphatic hydroxyl groups excluding tert-OH is 1. The molecule has 0 bridgehead atoms. The van der Waals surface area contributed by atoms with Crippen LogP contribution in [0.15, 0.2) is 22.7 Å². The standard InChI is InChI=1S/C16H22BrFO/c1-2-3-11-4-6-12(7-5-11)16(19)14-10-13(17)8-9-15(14)18/h8-12,16,19H,2-7H2,1H3. The summed E-state index contributed by atoms with van der Waals surface area (Å²) in [5.41, 5.74) is 0.438. The lowest BCUT2D eigenvalue weighted by Gasteiger charge is -2.31. The van der Waals surface area contributed by atoms with Gasteiger partial charge >= 0.3 is 0 Å². The van der Waals surface area contributed by atoms with E-state index >= 15 is 0 Å². The zero-order valence-corrected chi connectivity index (χ0v) is 13.0. The molecule has 1 unspecified atom stereocenters. The molecular formula is C16H22BrFO. The van der Waals surface area contributed by atoms with Crippen molar-refractivity contribution in [3.63, 3.8) is 0 Å². The SMILES string of the molecule is CCCC1CCC(C(O)c2cc(Br)ccc2F)CC1. The van der Waals surface area contributed by atoms with Crippen molar-refractivity contribution >= 4 is 15.9 Å². The van der Waals surface area contributed by atoms with E-state index in [2.05, 4.69) is 22.9 Å². The van der Waals surface area contributed by atoms with Crippen molar-refractivity contribution in [3.05, 3.63) is 34.1 Å². The average Bonchev–Trinajstić information content (AvgIpc) is 2.42. The quantitative estimate of drug-likeness (QED) is 0.802. The van der Waals surface area contributed by atoms with Crippen LogP contribution in [0.4, 0.5) is 4.39 Å². The first kappa shape index (κ1) is 15.0. The molecule has 1 N–H and O–H groups in total. The van der Waals surface area contributed by atoms with Crippen LogP contribution in [0.5, 0.6) is 0 Å². The second-order valence-corrected chi connectivity index (χ2v) is 6.60. The highest BCUT2D eigenvalue weighted by molar-refractivity contribution is 9.10. The summed E-state index contributed by atoms with van der Waals surface area (Å²) in [6.07, 6.45) is 6.22. The number of rotatable bonds is 4. The van der Waals surface area contributed by atoms with E-state index in [1.165, 1.54) is 31.7 Å². The van der Waals surface area contributed by atoms with E-state index in [9.17, 15) is 9.50 Å². The van der Waals surface area contributed by atoms with Crippen LogP contribution in [-0.4, -0.2) is 5.11 Å². The molecule has 19 heavy (non-hydrogen) atoms. The van der Waals surface area contributed by atoms with Gasteiger partial charge in [-0.25, -0.2) is 4.39 Å². The van der Waals surface area contributed by atoms with Gasteiger partial charge in [-0.15, -0.1) is 0 Å². The monoisotopic (exact) mass is 328 g/mol. The molecule has 1 aliphatic carbocycles. The van der Waals surface area contributed by atoms with Gasteiger partial charge in [0.1, 0.15) is 5.82 Å². The summed E-state index contributed by atoms with van der Waals surface area (Å²) >= 11 is 3.34. The van der Waals surface area contributed by atoms with Crippen LogP contribution in [0.25, 0.3) is 0 Å². The van der Waals surface area contributed by atoms with Gasteiger partial charge in [0.2, 0.25) is 0 Å². The number of aliphatic hydroxyl groups is 1. The van der Waals surface area contributed by atoms with Gasteiger partial charge < -0.3 is 5.11 Å². The minimum atomic E-state index is -0.667. The average molecular weight is 329 g/mol. The van der Waals surface area contributed by atoms with E-state index in [4.69, 9.17) is 0 Å². The van der Waals surface area contributed by atoms with E-state index < -0.39 is 6.10 Å². The van der Waals surface area contributed by atoms with Gasteiger partial charge in [0.15, 0.2) is 0 Å². The summed E-state index contributed by atoms with van der Waals surface area (Å²) < 4.78 is 14.6. The molecule has 0 heterocycles. The third kappa shape index (κ3) is 3.79. The lowest BCUT2D eigenvalue weighted by atomic mass is 9.76. The maximum atomic E-state index is 13.8. The number of hydrogen-bond acceptors (Lipinski definition) is 1. The fraction of sp³-hybridized carbons (Fsp3) is 0.625. The van der Waals surface area contributed by atoms with E-state index in [1.54, 1.807) is 12.1 Å². The number of benzene rings is 1. The highest BCUT2D eigenvalue weighted by Crippen LogP contribution is 2.39. The predicted molar refractivity (Wildman–Crippen MR) is 79.4 cm³/mol. The van der Waals surface area contributed by atoms with E-state index in [-0.39, 0.29) is 11.7 Å². The molecule has 0 aliphatic heterocycles. The second-order valence-electron chi connectivity index (χ2n) is 5.68. The largest absolute Gasteiger partial charge is 0.388 e. The first-order valence-corrected chi connectivity index (χ1v) is 8.04. The molecule has 0 amide bonds. The van der Waals surface area contributed by atoms with Gasteiger partial charge in [0, 0.05) is 10.0 Å². The van der Waals surface area contributed by atoms with Crippen LogP contribution in [0.3, 0.4) is 0 Å². The normalized spacial score (nSPS) is 25.3. The van der Waals surface area contributed by atoms with Crippen LogP contribution in [-0.2, 0) is 0 Å². The topological polar surface area (TPSA) is 20.2 Å². The molecule has 2 rings (SSSR count). The highest BCUT2D eigenvalue weighted by atomic mass is 79.9. The zero-order chi connectivity index (χ0) is 13.8. The van der Waals surface area contributed by atoms with Crippen LogP contribution < -0.4 is 0 Å². The molecule has 1 aromatic rings. The lowest BCUT2D eigenvalue weighted by Crippen LogP contribution is -2.21. The van der Waals surface area contributed by atoms with Gasteiger partial charge in [-0.3, -0.25) is 0 Å². The van der Waals surface area contributed by atoms with E-state index in [0.717, 1.165) is 23.2 Å². The molecule has 0 saturated heterocycles. The fourth-order valence-electron chi connectivity index (χ4n) is 3.20. The lowest BCUT2D eigenvalue weighted by molar-refractivity contribution is 0.0693. The van der Waals surface area contributed by atoms with Crippen molar-refractivity contribution < 1.29 is 9.50 Å². The molecular weight excluding hydrogens is 307 g/mol. The van der Waals surface area contributed by atoms with E-state index in [0.29, 0.717) is 5.56 Å². The Morgan fingerprint density at radius 2 is 2.00 bits per heavy atom. The van der Waals surface area contributed by atoms with Crippen LogP contribution in [0.2, 0.25) is 0 Å². The molecule has 1 fully saturated rings. The van der Waals surface area contributed by atoms with Crippen LogP contribution in [0.1, 0.15) is 57.1 Å². The molecule has 0 spiro atoms. The minimum Gasteiger partial charge on any atom is -0.388 e. The Morgan fingerprint density at radius 1 is 1.32 bits per heavy atom. The van der Waals surface area contributed by atoms with Crippen molar-refractivity contribution in [1.29, 1.82) is 0 Å². The van der Waals surface area contributed by atoms with Gasteiger partial charge in [0.25, 0.3) is 0 Å². The Morgan fingerprint density at radius 3 is 2.63 bits per heavy atom. The molecule has 3 heteroatoms. The third-order valence-corrected chi connectivity index (χ3v) is 4.80. The fourth-order valence-corrected chi connectivity index (χ4v) is 3.57. The highest BCUT2D eigenvalue weighted by Gasteiger charge is 2.28.